The van der Waals surface area contributed by atoms with E-state index in [0.29, 0.717) is 12.3 Å². The van der Waals surface area contributed by atoms with Gasteiger partial charge < -0.3 is 10.6 Å². The molecule has 1 unspecified atom stereocenters. The molecule has 0 aromatic heterocycles. The molecule has 150 valence electrons. The van der Waals surface area contributed by atoms with Crippen molar-refractivity contribution in [3.05, 3.63) is 0 Å². The van der Waals surface area contributed by atoms with Crippen molar-refractivity contribution in [1.29, 1.82) is 0 Å². The van der Waals surface area contributed by atoms with E-state index in [1.54, 1.807) is 20.8 Å². The molecular formula is C15H27N2O7PS. The zero-order valence-corrected chi connectivity index (χ0v) is 17.2. The molecule has 26 heavy (non-hydrogen) atoms. The smallest absolute Gasteiger partial charge is 0.355 e. The Morgan fingerprint density at radius 3 is 2.58 bits per heavy atom. The van der Waals surface area contributed by atoms with Crippen LogP contribution in [0.3, 0.4) is 0 Å². The maximum absolute atomic E-state index is 12.4. The molecule has 1 saturated heterocycles. The van der Waals surface area contributed by atoms with Crippen LogP contribution in [0.4, 0.5) is 0 Å². The van der Waals surface area contributed by atoms with Crippen LogP contribution in [-0.2, 0) is 32.5 Å². The topological polar surface area (TPSA) is 120 Å². The molecule has 0 aromatic carbocycles. The van der Waals surface area contributed by atoms with Crippen molar-refractivity contribution in [1.82, 2.24) is 10.6 Å². The van der Waals surface area contributed by atoms with Gasteiger partial charge in [0.05, 0.1) is 13.2 Å². The van der Waals surface area contributed by atoms with Crippen molar-refractivity contribution >= 4 is 36.5 Å². The highest BCUT2D eigenvalue weighted by Crippen LogP contribution is 2.56. The quantitative estimate of drug-likeness (QED) is 0.433. The number of thioether (sulfide) groups is 1. The first-order valence-corrected chi connectivity index (χ1v) is 10.8. The molecule has 0 aromatic rings. The van der Waals surface area contributed by atoms with Crippen LogP contribution in [0.2, 0.25) is 0 Å². The molecule has 0 spiro atoms. The minimum atomic E-state index is -3.75. The van der Waals surface area contributed by atoms with Crippen molar-refractivity contribution in [3.8, 4) is 0 Å². The van der Waals surface area contributed by atoms with E-state index >= 15 is 0 Å². The summed E-state index contributed by atoms with van der Waals surface area (Å²) in [6.45, 7) is 7.30. The van der Waals surface area contributed by atoms with Crippen LogP contribution < -0.4 is 10.6 Å². The molecule has 1 rings (SSSR count). The molecule has 0 bridgehead atoms. The standard InChI is InChI=1S/C15H27N2O7PS/c1-5-22-25(21)23-10-15(3,4)13(24-25)14(20)17-7-6-12(19)16-8-9-26-11(2)18/h13H,5-10H2,1-4H3,(H,16,19)(H,17,20)/t13-,25?/m0/s1. The minimum absolute atomic E-state index is 0.00469. The average Bonchev–Trinajstić information content (AvgIpc) is 2.54. The number of nitrogens with one attached hydrogen (secondary N) is 2. The number of amides is 2. The second kappa shape index (κ2) is 10.4. The molecule has 1 fully saturated rings. The van der Waals surface area contributed by atoms with Gasteiger partial charge >= 0.3 is 7.82 Å². The van der Waals surface area contributed by atoms with Crippen molar-refractivity contribution in [2.75, 3.05) is 32.1 Å². The Morgan fingerprint density at radius 2 is 1.96 bits per heavy atom. The normalized spacial score (nSPS) is 24.7. The Morgan fingerprint density at radius 1 is 1.27 bits per heavy atom. The molecular weight excluding hydrogens is 383 g/mol. The largest absolute Gasteiger partial charge is 0.475 e. The Bertz CT molecular complexity index is 570. The number of phosphoric acid groups is 1. The van der Waals surface area contributed by atoms with Crippen molar-refractivity contribution < 1.29 is 32.5 Å². The first-order chi connectivity index (χ1) is 12.1. The van der Waals surface area contributed by atoms with Crippen LogP contribution in [0.15, 0.2) is 0 Å². The minimum Gasteiger partial charge on any atom is -0.355 e. The summed E-state index contributed by atoms with van der Waals surface area (Å²) in [7, 11) is -3.75. The second-order valence-electron chi connectivity index (χ2n) is 6.34. The highest BCUT2D eigenvalue weighted by atomic mass is 32.2. The van der Waals surface area contributed by atoms with Crippen LogP contribution in [0.25, 0.3) is 0 Å². The van der Waals surface area contributed by atoms with Gasteiger partial charge in [0.2, 0.25) is 11.8 Å². The van der Waals surface area contributed by atoms with Gasteiger partial charge in [-0.25, -0.2) is 4.57 Å². The predicted molar refractivity (Wildman–Crippen MR) is 97.6 cm³/mol. The molecule has 2 amide bonds. The fourth-order valence-electron chi connectivity index (χ4n) is 2.12. The summed E-state index contributed by atoms with van der Waals surface area (Å²) in [6.07, 6.45) is -0.924. The first kappa shape index (κ1) is 23.1. The SMILES string of the molecule is CCOP1(=O)OCC(C)(C)[C@H](C(=O)NCCC(=O)NCCSC(C)=O)O1. The highest BCUT2D eigenvalue weighted by Gasteiger charge is 2.48. The maximum Gasteiger partial charge on any atom is 0.475 e. The molecule has 9 nitrogen and oxygen atoms in total. The zero-order valence-electron chi connectivity index (χ0n) is 15.5. The molecule has 1 aliphatic rings. The summed E-state index contributed by atoms with van der Waals surface area (Å²) in [4.78, 5) is 34.8. The van der Waals surface area contributed by atoms with Gasteiger partial charge in [0.15, 0.2) is 11.2 Å². The lowest BCUT2D eigenvalue weighted by Crippen LogP contribution is -2.50. The highest BCUT2D eigenvalue weighted by molar-refractivity contribution is 8.13. The van der Waals surface area contributed by atoms with Gasteiger partial charge in [-0.3, -0.25) is 28.0 Å². The third kappa shape index (κ3) is 7.75. The lowest BCUT2D eigenvalue weighted by Gasteiger charge is -2.39. The Labute approximate surface area is 157 Å². The number of hydrogen-bond donors (Lipinski definition) is 2. The van der Waals surface area contributed by atoms with Gasteiger partial charge in [0.25, 0.3) is 0 Å². The summed E-state index contributed by atoms with van der Waals surface area (Å²) in [5.74, 6) is -0.204. The maximum atomic E-state index is 12.4. The van der Waals surface area contributed by atoms with Crippen molar-refractivity contribution in [2.24, 2.45) is 5.41 Å². The van der Waals surface area contributed by atoms with Gasteiger partial charge in [-0.15, -0.1) is 0 Å². The molecule has 1 heterocycles. The summed E-state index contributed by atoms with van der Waals surface area (Å²) in [5, 5.41) is 5.26. The number of phosphoric ester groups is 1. The monoisotopic (exact) mass is 410 g/mol. The van der Waals surface area contributed by atoms with Gasteiger partial charge in [0, 0.05) is 37.6 Å². The van der Waals surface area contributed by atoms with E-state index in [9.17, 15) is 18.9 Å². The number of carbonyl (C=O) groups excluding carboxylic acids is 3. The number of rotatable bonds is 9. The van der Waals surface area contributed by atoms with E-state index in [1.165, 1.54) is 6.92 Å². The van der Waals surface area contributed by atoms with Crippen molar-refractivity contribution in [3.63, 3.8) is 0 Å². The molecule has 1 aliphatic heterocycles. The van der Waals surface area contributed by atoms with Crippen LogP contribution in [0.1, 0.15) is 34.1 Å². The van der Waals surface area contributed by atoms with E-state index in [4.69, 9.17) is 13.6 Å². The van der Waals surface area contributed by atoms with E-state index in [1.807, 2.05) is 0 Å². The molecule has 11 heteroatoms. The predicted octanol–water partition coefficient (Wildman–Crippen LogP) is 1.47. The molecule has 0 aliphatic carbocycles. The summed E-state index contributed by atoms with van der Waals surface area (Å²) >= 11 is 1.13. The fourth-order valence-corrected chi connectivity index (χ4v) is 4.25. The van der Waals surface area contributed by atoms with Crippen LogP contribution in [-0.4, -0.2) is 55.1 Å². The van der Waals surface area contributed by atoms with Crippen LogP contribution in [0, 0.1) is 5.41 Å². The number of carbonyl (C=O) groups is 3. The number of hydrogen-bond acceptors (Lipinski definition) is 8. The van der Waals surface area contributed by atoms with Crippen LogP contribution >= 0.6 is 19.6 Å². The summed E-state index contributed by atoms with van der Waals surface area (Å²) < 4.78 is 27.7. The van der Waals surface area contributed by atoms with Gasteiger partial charge in [-0.2, -0.15) is 0 Å². The Kier molecular flexibility index (Phi) is 9.26. The lowest BCUT2D eigenvalue weighted by molar-refractivity contribution is -0.141. The second-order valence-corrected chi connectivity index (χ2v) is 9.24. The first-order valence-electron chi connectivity index (χ1n) is 8.35. The van der Waals surface area contributed by atoms with E-state index in [-0.39, 0.29) is 37.2 Å². The Balaban J connectivity index is 2.41. The van der Waals surface area contributed by atoms with Gasteiger partial charge in [-0.05, 0) is 6.92 Å². The van der Waals surface area contributed by atoms with Gasteiger partial charge in [-0.1, -0.05) is 25.6 Å². The fraction of sp³-hybridized carbons (Fsp3) is 0.800. The zero-order chi connectivity index (χ0) is 19.8. The Hall–Kier alpha value is -0.930. The van der Waals surface area contributed by atoms with Crippen molar-refractivity contribution in [2.45, 2.75) is 40.2 Å². The third-order valence-electron chi connectivity index (χ3n) is 3.45. The van der Waals surface area contributed by atoms with E-state index in [2.05, 4.69) is 10.6 Å². The molecule has 2 atom stereocenters. The average molecular weight is 410 g/mol. The molecule has 0 saturated carbocycles. The molecule has 0 radical (unpaired) electrons. The van der Waals surface area contributed by atoms with E-state index < -0.39 is 25.2 Å². The summed E-state index contributed by atoms with van der Waals surface area (Å²) in [6, 6.07) is 0. The van der Waals surface area contributed by atoms with Crippen LogP contribution in [0.5, 0.6) is 0 Å². The third-order valence-corrected chi connectivity index (χ3v) is 5.75. The molecule has 2 N–H and O–H groups in total. The lowest BCUT2D eigenvalue weighted by atomic mass is 9.87. The van der Waals surface area contributed by atoms with Gasteiger partial charge in [0.1, 0.15) is 0 Å². The summed E-state index contributed by atoms with van der Waals surface area (Å²) in [5.41, 5.74) is -0.693. The van der Waals surface area contributed by atoms with E-state index in [0.717, 1.165) is 11.8 Å².